The lowest BCUT2D eigenvalue weighted by Crippen LogP contribution is -2.02. The Balaban J connectivity index is 1.79. The van der Waals surface area contributed by atoms with Crippen LogP contribution in [-0.4, -0.2) is 9.97 Å². The van der Waals surface area contributed by atoms with E-state index in [0.717, 1.165) is 29.1 Å². The first-order valence-corrected chi connectivity index (χ1v) is 7.16. The Morgan fingerprint density at radius 1 is 1.11 bits per heavy atom. The summed E-state index contributed by atoms with van der Waals surface area (Å²) in [6, 6.07) is 8.01. The molecule has 1 fully saturated rings. The van der Waals surface area contributed by atoms with Crippen molar-refractivity contribution in [1.82, 2.24) is 9.97 Å². The van der Waals surface area contributed by atoms with Gasteiger partial charge in [0.1, 0.15) is 5.82 Å². The van der Waals surface area contributed by atoms with Gasteiger partial charge in [-0.1, -0.05) is 48.9 Å². The highest BCUT2D eigenvalue weighted by molar-refractivity contribution is 7.59. The van der Waals surface area contributed by atoms with Gasteiger partial charge in [-0.15, -0.1) is 0 Å². The van der Waals surface area contributed by atoms with Crippen LogP contribution in [0.25, 0.3) is 10.9 Å². The van der Waals surface area contributed by atoms with Crippen LogP contribution >= 0.6 is 0 Å². The van der Waals surface area contributed by atoms with Crippen molar-refractivity contribution in [3.05, 3.63) is 30.1 Å². The normalized spacial score (nSPS) is 16.4. The van der Waals surface area contributed by atoms with E-state index < -0.39 is 0 Å². The van der Waals surface area contributed by atoms with E-state index in [1.54, 1.807) is 0 Å². The second-order valence-electron chi connectivity index (χ2n) is 5.15. The molecule has 0 atom stereocenters. The van der Waals surface area contributed by atoms with Gasteiger partial charge in [0.15, 0.2) is 0 Å². The Bertz CT molecular complexity index is 547. The van der Waals surface area contributed by atoms with Crippen LogP contribution in [0.4, 0.5) is 0 Å². The van der Waals surface area contributed by atoms with Crippen molar-refractivity contribution in [2.24, 2.45) is 5.92 Å². The highest BCUT2D eigenvalue weighted by Gasteiger charge is 2.15. The summed E-state index contributed by atoms with van der Waals surface area (Å²) >= 11 is 5.34. The van der Waals surface area contributed by atoms with Crippen LogP contribution in [0.3, 0.4) is 0 Å². The van der Waals surface area contributed by atoms with Gasteiger partial charge >= 0.3 is 0 Å². The monoisotopic (exact) mass is 257 g/mol. The lowest BCUT2D eigenvalue weighted by molar-refractivity contribution is 0.496. The van der Waals surface area contributed by atoms with Gasteiger partial charge in [0.2, 0.25) is 0 Å². The average Bonchev–Trinajstić information content (AvgIpc) is 2.90. The lowest BCUT2D eigenvalue weighted by atomic mass is 10.0. The van der Waals surface area contributed by atoms with Crippen molar-refractivity contribution in [3.63, 3.8) is 0 Å². The predicted octanol–water partition coefficient (Wildman–Crippen LogP) is 3.66. The van der Waals surface area contributed by atoms with Gasteiger partial charge < -0.3 is 12.6 Å². The Labute approximate surface area is 113 Å². The summed E-state index contributed by atoms with van der Waals surface area (Å²) in [6.07, 6.45) is 7.75. The molecule has 18 heavy (non-hydrogen) atoms. The molecule has 3 rings (SSSR count). The number of aromatic nitrogens is 2. The van der Waals surface area contributed by atoms with Crippen molar-refractivity contribution in [1.29, 1.82) is 0 Å². The van der Waals surface area contributed by atoms with E-state index in [4.69, 9.17) is 12.6 Å². The first-order chi connectivity index (χ1) is 8.83. The van der Waals surface area contributed by atoms with Gasteiger partial charge in [0, 0.05) is 6.42 Å². The molecule has 0 amide bonds. The second kappa shape index (κ2) is 5.19. The molecule has 0 spiro atoms. The number of para-hydroxylation sites is 1. The molecule has 0 unspecified atom stereocenters. The third-order valence-corrected chi connectivity index (χ3v) is 4.18. The van der Waals surface area contributed by atoms with Crippen LogP contribution in [0.1, 0.15) is 37.9 Å². The van der Waals surface area contributed by atoms with Crippen LogP contribution in [-0.2, 0) is 19.0 Å². The zero-order valence-corrected chi connectivity index (χ0v) is 11.2. The first kappa shape index (κ1) is 11.8. The van der Waals surface area contributed by atoms with Crippen LogP contribution in [0, 0.1) is 5.92 Å². The minimum Gasteiger partial charge on any atom is -0.759 e. The minimum absolute atomic E-state index is 0.696. The third-order valence-electron chi connectivity index (χ3n) is 3.87. The molecule has 1 heterocycles. The zero-order chi connectivity index (χ0) is 12.4. The lowest BCUT2D eigenvalue weighted by Gasteiger charge is -2.13. The highest BCUT2D eigenvalue weighted by Crippen LogP contribution is 2.28. The fourth-order valence-corrected chi connectivity index (χ4v) is 3.12. The van der Waals surface area contributed by atoms with Gasteiger partial charge in [-0.05, 0) is 23.8 Å². The molecule has 0 bridgehead atoms. The Morgan fingerprint density at radius 2 is 1.89 bits per heavy atom. The summed E-state index contributed by atoms with van der Waals surface area (Å²) in [5.41, 5.74) is 0.985. The summed E-state index contributed by atoms with van der Waals surface area (Å²) in [4.78, 5) is 9.09. The van der Waals surface area contributed by atoms with Crippen molar-refractivity contribution in [2.45, 2.75) is 43.6 Å². The summed E-state index contributed by atoms with van der Waals surface area (Å²) in [5, 5.41) is 1.69. The molecule has 1 aromatic carbocycles. The number of hydrogen-bond acceptors (Lipinski definition) is 3. The summed E-state index contributed by atoms with van der Waals surface area (Å²) in [7, 11) is 0. The largest absolute Gasteiger partial charge is 0.759 e. The van der Waals surface area contributed by atoms with E-state index in [9.17, 15) is 0 Å². The van der Waals surface area contributed by atoms with E-state index in [1.807, 2.05) is 24.3 Å². The molecule has 1 aliphatic carbocycles. The second-order valence-corrected chi connectivity index (χ2v) is 5.54. The van der Waals surface area contributed by atoms with Gasteiger partial charge in [-0.3, -0.25) is 4.98 Å². The SMILES string of the molecule is [S-]c1nc(CCC2CCCC2)nc2ccccc12. The molecular formula is C15H17N2S-. The quantitative estimate of drug-likeness (QED) is 0.620. The van der Waals surface area contributed by atoms with Crippen LogP contribution in [0.5, 0.6) is 0 Å². The van der Waals surface area contributed by atoms with Crippen molar-refractivity contribution >= 4 is 23.5 Å². The van der Waals surface area contributed by atoms with E-state index >= 15 is 0 Å². The highest BCUT2D eigenvalue weighted by atomic mass is 32.1. The topological polar surface area (TPSA) is 25.8 Å². The molecule has 94 valence electrons. The van der Waals surface area contributed by atoms with Crippen molar-refractivity contribution < 1.29 is 0 Å². The number of fused-ring (bicyclic) bond motifs is 1. The molecule has 0 N–H and O–H groups in total. The van der Waals surface area contributed by atoms with Gasteiger partial charge in [0.25, 0.3) is 0 Å². The van der Waals surface area contributed by atoms with Gasteiger partial charge in [-0.25, -0.2) is 4.98 Å². The molecule has 1 aliphatic rings. The Kier molecular flexibility index (Phi) is 3.41. The maximum atomic E-state index is 5.34. The number of rotatable bonds is 3. The van der Waals surface area contributed by atoms with Gasteiger partial charge in [-0.2, -0.15) is 0 Å². The predicted molar refractivity (Wildman–Crippen MR) is 75.4 cm³/mol. The van der Waals surface area contributed by atoms with Crippen LogP contribution in [0.2, 0.25) is 0 Å². The van der Waals surface area contributed by atoms with Crippen LogP contribution < -0.4 is 0 Å². The molecule has 1 saturated carbocycles. The first-order valence-electron chi connectivity index (χ1n) is 6.75. The van der Waals surface area contributed by atoms with E-state index in [-0.39, 0.29) is 0 Å². The number of aryl methyl sites for hydroxylation is 1. The Hall–Kier alpha value is -1.22. The smallest absolute Gasteiger partial charge is 0.127 e. The summed E-state index contributed by atoms with van der Waals surface area (Å²) in [5.74, 6) is 1.80. The molecule has 0 aliphatic heterocycles. The maximum Gasteiger partial charge on any atom is 0.127 e. The van der Waals surface area contributed by atoms with E-state index in [1.165, 1.54) is 32.1 Å². The van der Waals surface area contributed by atoms with E-state index in [2.05, 4.69) is 9.97 Å². The number of hydrogen-bond donors (Lipinski definition) is 0. The fraction of sp³-hybridized carbons (Fsp3) is 0.467. The number of nitrogens with zero attached hydrogens (tertiary/aromatic N) is 2. The van der Waals surface area contributed by atoms with Crippen molar-refractivity contribution in [2.75, 3.05) is 0 Å². The average molecular weight is 257 g/mol. The third kappa shape index (κ3) is 2.46. The molecule has 0 saturated heterocycles. The molecule has 2 aromatic rings. The van der Waals surface area contributed by atoms with E-state index in [0.29, 0.717) is 5.03 Å². The fourth-order valence-electron chi connectivity index (χ4n) is 2.84. The molecule has 3 heteroatoms. The Morgan fingerprint density at radius 3 is 2.72 bits per heavy atom. The van der Waals surface area contributed by atoms with Crippen LogP contribution in [0.15, 0.2) is 29.3 Å². The molecule has 2 nitrogen and oxygen atoms in total. The summed E-state index contributed by atoms with van der Waals surface area (Å²) < 4.78 is 0. The van der Waals surface area contributed by atoms with Gasteiger partial charge in [0.05, 0.1) is 5.52 Å². The maximum absolute atomic E-state index is 5.34. The standard InChI is InChI=1S/C15H18N2S/c18-15-12-7-3-4-8-13(12)16-14(17-15)10-9-11-5-1-2-6-11/h3-4,7-8,11H,1-2,5-6,9-10H2,(H,16,17,18)/p-1. The molecule has 0 radical (unpaired) electrons. The number of benzene rings is 1. The molecular weight excluding hydrogens is 240 g/mol. The molecule has 1 aromatic heterocycles. The summed E-state index contributed by atoms with van der Waals surface area (Å²) in [6.45, 7) is 0. The zero-order valence-electron chi connectivity index (χ0n) is 10.4. The minimum atomic E-state index is 0.696. The van der Waals surface area contributed by atoms with Crippen molar-refractivity contribution in [3.8, 4) is 0 Å².